The number of hydrogen-bond donors (Lipinski definition) is 0. The zero-order valence-electron chi connectivity index (χ0n) is 11.6. The minimum atomic E-state index is 0.267. The average Bonchev–Trinajstić information content (AvgIpc) is 2.32. The monoisotopic (exact) mass is 242 g/mol. The first-order valence-electron chi connectivity index (χ1n) is 7.59. The number of rotatable bonds is 0. The summed E-state index contributed by atoms with van der Waals surface area (Å²) >= 11 is 0. The maximum absolute atomic E-state index is 5.72. The van der Waals surface area contributed by atoms with Gasteiger partial charge >= 0.3 is 0 Å². The van der Waals surface area contributed by atoms with Gasteiger partial charge in [0, 0.05) is 13.2 Å². The van der Waals surface area contributed by atoms with Crippen molar-refractivity contribution in [2.24, 2.45) is 0 Å². The molecule has 102 valence electrons. The lowest BCUT2D eigenvalue weighted by Gasteiger charge is -2.14. The first-order valence-corrected chi connectivity index (χ1v) is 7.59. The van der Waals surface area contributed by atoms with E-state index in [2.05, 4.69) is 6.92 Å². The summed E-state index contributed by atoms with van der Waals surface area (Å²) in [5.41, 5.74) is 0. The molecular formula is C15H30O2. The topological polar surface area (TPSA) is 18.5 Å². The molecule has 0 aromatic rings. The molecule has 2 heteroatoms. The van der Waals surface area contributed by atoms with Crippen molar-refractivity contribution < 1.29 is 9.47 Å². The fourth-order valence-electron chi connectivity index (χ4n) is 2.30. The molecule has 0 spiro atoms. The van der Waals surface area contributed by atoms with E-state index in [1.807, 2.05) is 0 Å². The number of ether oxygens (including phenoxy) is 2. The Morgan fingerprint density at radius 2 is 1.12 bits per heavy atom. The minimum Gasteiger partial charge on any atom is -0.379 e. The Balaban J connectivity index is 2.09. The Bertz CT molecular complexity index is 143. The molecule has 1 aliphatic rings. The second-order valence-electron chi connectivity index (χ2n) is 5.29. The summed E-state index contributed by atoms with van der Waals surface area (Å²) in [4.78, 5) is 0. The summed E-state index contributed by atoms with van der Waals surface area (Å²) in [6, 6.07) is 0. The van der Waals surface area contributed by atoms with E-state index in [0.29, 0.717) is 0 Å². The van der Waals surface area contributed by atoms with Crippen LogP contribution in [0.5, 0.6) is 0 Å². The van der Waals surface area contributed by atoms with Gasteiger partial charge in [0.15, 0.2) is 0 Å². The van der Waals surface area contributed by atoms with E-state index < -0.39 is 0 Å². The highest BCUT2D eigenvalue weighted by molar-refractivity contribution is 4.52. The predicted octanol–water partition coefficient (Wildman–Crippen LogP) is 4.32. The van der Waals surface area contributed by atoms with E-state index in [1.54, 1.807) is 0 Å². The molecule has 17 heavy (non-hydrogen) atoms. The van der Waals surface area contributed by atoms with Crippen LogP contribution in [0.4, 0.5) is 0 Å². The normalized spacial score (nSPS) is 27.7. The van der Waals surface area contributed by atoms with Gasteiger partial charge in [0.05, 0.1) is 12.7 Å². The van der Waals surface area contributed by atoms with Gasteiger partial charge in [-0.2, -0.15) is 0 Å². The first-order chi connectivity index (χ1) is 8.39. The lowest BCUT2D eigenvalue weighted by Crippen LogP contribution is -2.17. The zero-order chi connectivity index (χ0) is 12.2. The van der Waals surface area contributed by atoms with E-state index in [-0.39, 0.29) is 6.10 Å². The van der Waals surface area contributed by atoms with E-state index in [4.69, 9.17) is 9.47 Å². The molecule has 0 aromatic carbocycles. The third-order valence-electron chi connectivity index (χ3n) is 3.44. The van der Waals surface area contributed by atoms with Crippen LogP contribution in [0.3, 0.4) is 0 Å². The van der Waals surface area contributed by atoms with E-state index in [1.165, 1.54) is 64.2 Å². The SMILES string of the molecule is C[C@@H]1COCCCCCCCCCCCCO1. The third-order valence-corrected chi connectivity index (χ3v) is 3.44. The molecule has 0 N–H and O–H groups in total. The fourth-order valence-corrected chi connectivity index (χ4v) is 2.30. The van der Waals surface area contributed by atoms with Gasteiger partial charge in [-0.25, -0.2) is 0 Å². The van der Waals surface area contributed by atoms with Gasteiger partial charge in [-0.1, -0.05) is 51.4 Å². The highest BCUT2D eigenvalue weighted by Crippen LogP contribution is 2.11. The van der Waals surface area contributed by atoms with Crippen LogP contribution in [0.2, 0.25) is 0 Å². The molecule has 0 aromatic heterocycles. The van der Waals surface area contributed by atoms with Crippen LogP contribution in [0.25, 0.3) is 0 Å². The molecular weight excluding hydrogens is 212 g/mol. The molecule has 1 rings (SSSR count). The first kappa shape index (κ1) is 15.0. The summed E-state index contributed by atoms with van der Waals surface area (Å²) in [6.07, 6.45) is 13.8. The van der Waals surface area contributed by atoms with Crippen LogP contribution in [0, 0.1) is 0 Å². The van der Waals surface area contributed by atoms with E-state index >= 15 is 0 Å². The van der Waals surface area contributed by atoms with Crippen LogP contribution in [0.15, 0.2) is 0 Å². The van der Waals surface area contributed by atoms with E-state index in [9.17, 15) is 0 Å². The van der Waals surface area contributed by atoms with Crippen LogP contribution < -0.4 is 0 Å². The molecule has 0 unspecified atom stereocenters. The van der Waals surface area contributed by atoms with Crippen molar-refractivity contribution in [2.75, 3.05) is 19.8 Å². The van der Waals surface area contributed by atoms with Gasteiger partial charge in [-0.15, -0.1) is 0 Å². The summed E-state index contributed by atoms with van der Waals surface area (Å²) in [5, 5.41) is 0. The van der Waals surface area contributed by atoms with Gasteiger partial charge in [-0.3, -0.25) is 0 Å². The highest BCUT2D eigenvalue weighted by atomic mass is 16.5. The molecule has 0 radical (unpaired) electrons. The van der Waals surface area contributed by atoms with Crippen molar-refractivity contribution in [1.29, 1.82) is 0 Å². The lowest BCUT2D eigenvalue weighted by atomic mass is 10.1. The van der Waals surface area contributed by atoms with Gasteiger partial charge in [0.25, 0.3) is 0 Å². The largest absolute Gasteiger partial charge is 0.379 e. The van der Waals surface area contributed by atoms with Gasteiger partial charge in [0.1, 0.15) is 0 Å². The van der Waals surface area contributed by atoms with Crippen LogP contribution in [-0.2, 0) is 9.47 Å². The van der Waals surface area contributed by atoms with Crippen molar-refractivity contribution in [3.05, 3.63) is 0 Å². The minimum absolute atomic E-state index is 0.267. The Morgan fingerprint density at radius 3 is 1.71 bits per heavy atom. The van der Waals surface area contributed by atoms with Crippen molar-refractivity contribution >= 4 is 0 Å². The molecule has 1 aliphatic heterocycles. The summed E-state index contributed by atoms with van der Waals surface area (Å²) in [5.74, 6) is 0. The Labute approximate surface area is 107 Å². The third kappa shape index (κ3) is 9.61. The Kier molecular flexibility index (Phi) is 9.72. The molecule has 0 amide bonds. The Hall–Kier alpha value is -0.0800. The molecule has 1 fully saturated rings. The fraction of sp³-hybridized carbons (Fsp3) is 1.00. The molecule has 2 nitrogen and oxygen atoms in total. The Morgan fingerprint density at radius 1 is 0.647 bits per heavy atom. The molecule has 0 bridgehead atoms. The van der Waals surface area contributed by atoms with Crippen molar-refractivity contribution in [3.63, 3.8) is 0 Å². The molecule has 0 saturated carbocycles. The quantitative estimate of drug-likeness (QED) is 0.629. The molecule has 1 saturated heterocycles. The van der Waals surface area contributed by atoms with Crippen molar-refractivity contribution in [1.82, 2.24) is 0 Å². The van der Waals surface area contributed by atoms with Gasteiger partial charge in [-0.05, 0) is 19.8 Å². The smallest absolute Gasteiger partial charge is 0.0780 e. The lowest BCUT2D eigenvalue weighted by molar-refractivity contribution is -0.00877. The highest BCUT2D eigenvalue weighted by Gasteiger charge is 2.02. The molecule has 1 atom stereocenters. The van der Waals surface area contributed by atoms with E-state index in [0.717, 1.165) is 19.8 Å². The summed E-state index contributed by atoms with van der Waals surface area (Å²) in [7, 11) is 0. The van der Waals surface area contributed by atoms with Gasteiger partial charge < -0.3 is 9.47 Å². The molecule has 0 aliphatic carbocycles. The molecule has 1 heterocycles. The second kappa shape index (κ2) is 11.0. The maximum Gasteiger partial charge on any atom is 0.0780 e. The summed E-state index contributed by atoms with van der Waals surface area (Å²) in [6.45, 7) is 4.70. The van der Waals surface area contributed by atoms with Gasteiger partial charge in [0.2, 0.25) is 0 Å². The van der Waals surface area contributed by atoms with Crippen molar-refractivity contribution in [3.8, 4) is 0 Å². The van der Waals surface area contributed by atoms with Crippen LogP contribution in [-0.4, -0.2) is 25.9 Å². The van der Waals surface area contributed by atoms with Crippen molar-refractivity contribution in [2.45, 2.75) is 77.2 Å². The summed E-state index contributed by atoms with van der Waals surface area (Å²) < 4.78 is 11.3. The van der Waals surface area contributed by atoms with Crippen LogP contribution in [0.1, 0.15) is 71.1 Å². The number of hydrogen-bond acceptors (Lipinski definition) is 2. The predicted molar refractivity (Wildman–Crippen MR) is 72.4 cm³/mol. The average molecular weight is 242 g/mol. The zero-order valence-corrected chi connectivity index (χ0v) is 11.6. The standard InChI is InChI=1S/C15H30O2/c1-15-14-16-12-10-8-6-4-2-3-5-7-9-11-13-17-15/h15H,2-14H2,1H3/t15-/m1/s1. The van der Waals surface area contributed by atoms with Crippen LogP contribution >= 0.6 is 0 Å². The maximum atomic E-state index is 5.72. The second-order valence-corrected chi connectivity index (χ2v) is 5.29.